The number of amides is 1. The van der Waals surface area contributed by atoms with Gasteiger partial charge in [-0.2, -0.15) is 0 Å². The predicted molar refractivity (Wildman–Crippen MR) is 50.6 cm³/mol. The van der Waals surface area contributed by atoms with Gasteiger partial charge in [-0.3, -0.25) is 0 Å². The Morgan fingerprint density at radius 2 is 2.46 bits per heavy atom. The normalized spacial score (nSPS) is 11.2. The number of rotatable bonds is 3. The van der Waals surface area contributed by atoms with Crippen molar-refractivity contribution in [2.45, 2.75) is 25.9 Å². The van der Waals surface area contributed by atoms with Gasteiger partial charge in [0.05, 0.1) is 5.01 Å². The Morgan fingerprint density at radius 3 is 2.92 bits per heavy atom. The lowest BCUT2D eigenvalue weighted by Gasteiger charge is -2.22. The molecule has 0 aliphatic rings. The molecule has 72 valence electrons. The summed E-state index contributed by atoms with van der Waals surface area (Å²) in [4.78, 5) is 14.6. The van der Waals surface area contributed by atoms with E-state index in [-0.39, 0.29) is 0 Å². The zero-order valence-corrected chi connectivity index (χ0v) is 8.43. The van der Waals surface area contributed by atoms with E-state index in [0.29, 0.717) is 6.42 Å². The van der Waals surface area contributed by atoms with Crippen LogP contribution in [0.3, 0.4) is 0 Å². The maximum atomic E-state index is 10.5. The summed E-state index contributed by atoms with van der Waals surface area (Å²) >= 11 is 1.53. The topological polar surface area (TPSA) is 65.2 Å². The zero-order valence-electron chi connectivity index (χ0n) is 7.61. The Labute approximate surface area is 80.7 Å². The van der Waals surface area contributed by atoms with Gasteiger partial charge in [0, 0.05) is 18.0 Å². The van der Waals surface area contributed by atoms with E-state index in [2.05, 4.69) is 4.98 Å². The molecule has 1 rings (SSSR count). The third-order valence-corrected chi connectivity index (χ3v) is 2.22. The molecule has 13 heavy (non-hydrogen) atoms. The van der Waals surface area contributed by atoms with E-state index < -0.39 is 11.7 Å². The minimum absolute atomic E-state index is 0.580. The Kier molecular flexibility index (Phi) is 2.87. The van der Waals surface area contributed by atoms with Crippen molar-refractivity contribution in [1.29, 1.82) is 0 Å². The van der Waals surface area contributed by atoms with Gasteiger partial charge in [-0.1, -0.05) is 0 Å². The van der Waals surface area contributed by atoms with Gasteiger partial charge >= 0.3 is 6.09 Å². The molecule has 0 fully saturated rings. The van der Waals surface area contributed by atoms with E-state index in [1.807, 2.05) is 5.38 Å². The molecular weight excluding hydrogens is 188 g/mol. The first-order valence-corrected chi connectivity index (χ1v) is 4.74. The van der Waals surface area contributed by atoms with Crippen LogP contribution >= 0.6 is 11.3 Å². The number of hydrogen-bond donors (Lipinski definition) is 1. The van der Waals surface area contributed by atoms with Crippen molar-refractivity contribution in [1.82, 2.24) is 4.98 Å². The number of thiazole rings is 1. The zero-order chi connectivity index (χ0) is 9.90. The number of carbonyl (C=O) groups excluding carboxylic acids is 1. The summed E-state index contributed by atoms with van der Waals surface area (Å²) in [5.74, 6) is 0. The lowest BCUT2D eigenvalue weighted by Crippen LogP contribution is -2.33. The molecule has 0 bridgehead atoms. The largest absolute Gasteiger partial charge is 0.443 e. The van der Waals surface area contributed by atoms with E-state index in [4.69, 9.17) is 10.5 Å². The van der Waals surface area contributed by atoms with Crippen molar-refractivity contribution in [2.24, 2.45) is 5.73 Å². The van der Waals surface area contributed by atoms with Crippen LogP contribution in [-0.4, -0.2) is 16.7 Å². The van der Waals surface area contributed by atoms with Crippen molar-refractivity contribution in [3.8, 4) is 0 Å². The van der Waals surface area contributed by atoms with Gasteiger partial charge in [0.1, 0.15) is 5.60 Å². The fourth-order valence-electron chi connectivity index (χ4n) is 1.01. The van der Waals surface area contributed by atoms with Gasteiger partial charge in [-0.15, -0.1) is 11.3 Å². The molecule has 0 aliphatic carbocycles. The van der Waals surface area contributed by atoms with Crippen LogP contribution in [-0.2, 0) is 11.2 Å². The fraction of sp³-hybridized carbons (Fsp3) is 0.500. The highest BCUT2D eigenvalue weighted by molar-refractivity contribution is 7.09. The van der Waals surface area contributed by atoms with Gasteiger partial charge in [-0.25, -0.2) is 9.78 Å². The summed E-state index contributed by atoms with van der Waals surface area (Å²) in [5, 5.41) is 2.82. The van der Waals surface area contributed by atoms with Gasteiger partial charge in [-0.05, 0) is 13.8 Å². The second kappa shape index (κ2) is 3.74. The molecule has 0 radical (unpaired) electrons. The van der Waals surface area contributed by atoms with Crippen LogP contribution in [0, 0.1) is 0 Å². The van der Waals surface area contributed by atoms with Gasteiger partial charge in [0.15, 0.2) is 0 Å². The molecule has 1 heterocycles. The van der Waals surface area contributed by atoms with Crippen LogP contribution < -0.4 is 5.73 Å². The quantitative estimate of drug-likeness (QED) is 0.805. The third-order valence-electron chi connectivity index (χ3n) is 1.44. The highest BCUT2D eigenvalue weighted by Gasteiger charge is 2.23. The summed E-state index contributed by atoms with van der Waals surface area (Å²) in [7, 11) is 0. The molecular formula is C8H12N2O2S. The molecule has 0 atom stereocenters. The minimum Gasteiger partial charge on any atom is -0.443 e. The van der Waals surface area contributed by atoms with Crippen molar-refractivity contribution < 1.29 is 9.53 Å². The maximum absolute atomic E-state index is 10.5. The second-order valence-corrected chi connectivity index (χ2v) is 4.26. The second-order valence-electron chi connectivity index (χ2n) is 3.28. The van der Waals surface area contributed by atoms with E-state index in [1.165, 1.54) is 11.3 Å². The molecule has 1 aromatic rings. The number of hydrogen-bond acceptors (Lipinski definition) is 4. The first kappa shape index (κ1) is 9.98. The Bertz CT molecular complexity index is 282. The van der Waals surface area contributed by atoms with Crippen molar-refractivity contribution in [2.75, 3.05) is 0 Å². The molecule has 4 nitrogen and oxygen atoms in total. The van der Waals surface area contributed by atoms with E-state index in [1.54, 1.807) is 20.0 Å². The average Bonchev–Trinajstić information content (AvgIpc) is 2.34. The van der Waals surface area contributed by atoms with Crippen molar-refractivity contribution >= 4 is 17.4 Å². The highest BCUT2D eigenvalue weighted by Crippen LogP contribution is 2.18. The summed E-state index contributed by atoms with van der Waals surface area (Å²) in [6.45, 7) is 3.61. The summed E-state index contributed by atoms with van der Waals surface area (Å²) in [5.41, 5.74) is 4.35. The molecule has 5 heteroatoms. The number of aromatic nitrogens is 1. The summed E-state index contributed by atoms with van der Waals surface area (Å²) in [6, 6.07) is 0. The van der Waals surface area contributed by atoms with Gasteiger partial charge in [0.2, 0.25) is 0 Å². The summed E-state index contributed by atoms with van der Waals surface area (Å²) in [6.07, 6.45) is 1.56. The fourth-order valence-corrected chi connectivity index (χ4v) is 1.84. The number of nitrogens with two attached hydrogens (primary N) is 1. The van der Waals surface area contributed by atoms with Gasteiger partial charge in [0.25, 0.3) is 0 Å². The number of nitrogens with zero attached hydrogens (tertiary/aromatic N) is 1. The third kappa shape index (κ3) is 3.42. The first-order chi connectivity index (χ1) is 5.99. The molecule has 0 aliphatic heterocycles. The molecule has 0 saturated carbocycles. The van der Waals surface area contributed by atoms with Crippen molar-refractivity contribution in [3.63, 3.8) is 0 Å². The molecule has 1 aromatic heterocycles. The molecule has 0 spiro atoms. The molecule has 1 amide bonds. The average molecular weight is 200 g/mol. The Hall–Kier alpha value is -1.10. The lowest BCUT2D eigenvalue weighted by molar-refractivity contribution is 0.0460. The molecule has 0 aromatic carbocycles. The number of ether oxygens (including phenoxy) is 1. The standard InChI is InChI=1S/C8H12N2O2S/c1-8(2,12-7(9)11)5-6-10-3-4-13-6/h3-4H,5H2,1-2H3,(H2,9,11). The van der Waals surface area contributed by atoms with E-state index in [0.717, 1.165) is 5.01 Å². The monoisotopic (exact) mass is 200 g/mol. The van der Waals surface area contributed by atoms with Crippen LogP contribution in [0.15, 0.2) is 11.6 Å². The maximum Gasteiger partial charge on any atom is 0.405 e. The van der Waals surface area contributed by atoms with Crippen LogP contribution in [0.5, 0.6) is 0 Å². The SMILES string of the molecule is CC(C)(Cc1nccs1)OC(N)=O. The molecule has 2 N–H and O–H groups in total. The smallest absolute Gasteiger partial charge is 0.405 e. The van der Waals surface area contributed by atoms with Crippen molar-refractivity contribution in [3.05, 3.63) is 16.6 Å². The van der Waals surface area contributed by atoms with Crippen LogP contribution in [0.2, 0.25) is 0 Å². The lowest BCUT2D eigenvalue weighted by atomic mass is 10.1. The molecule has 0 saturated heterocycles. The number of carbonyl (C=O) groups is 1. The van der Waals surface area contributed by atoms with Crippen LogP contribution in [0.1, 0.15) is 18.9 Å². The van der Waals surface area contributed by atoms with E-state index in [9.17, 15) is 4.79 Å². The van der Waals surface area contributed by atoms with E-state index >= 15 is 0 Å². The first-order valence-electron chi connectivity index (χ1n) is 3.86. The highest BCUT2D eigenvalue weighted by atomic mass is 32.1. The minimum atomic E-state index is -0.749. The predicted octanol–water partition coefficient (Wildman–Crippen LogP) is 1.56. The van der Waals surface area contributed by atoms with Crippen LogP contribution in [0.25, 0.3) is 0 Å². The van der Waals surface area contributed by atoms with Gasteiger partial charge < -0.3 is 10.5 Å². The molecule has 0 unspecified atom stereocenters. The summed E-state index contributed by atoms with van der Waals surface area (Å²) < 4.78 is 4.92. The Balaban J connectivity index is 2.56. The van der Waals surface area contributed by atoms with Crippen LogP contribution in [0.4, 0.5) is 4.79 Å². The Morgan fingerprint density at radius 1 is 1.77 bits per heavy atom. The number of primary amides is 1.